The Hall–Kier alpha value is -3.01. The molecule has 4 aromatic rings. The molecular formula is C24H20BrN3O3S2. The van der Waals surface area contributed by atoms with E-state index in [1.807, 2.05) is 29.7 Å². The molecule has 0 saturated carbocycles. The molecule has 168 valence electrons. The number of amides is 1. The van der Waals surface area contributed by atoms with Crippen molar-refractivity contribution >= 4 is 59.1 Å². The second kappa shape index (κ2) is 9.46. The average Bonchev–Trinajstić information content (AvgIpc) is 3.10. The molecule has 33 heavy (non-hydrogen) atoms. The molecule has 0 aliphatic carbocycles. The Balaban J connectivity index is 1.75. The predicted octanol–water partition coefficient (Wildman–Crippen LogP) is 5.50. The Kier molecular flexibility index (Phi) is 6.64. The van der Waals surface area contributed by atoms with Gasteiger partial charge in [-0.25, -0.2) is 8.42 Å². The van der Waals surface area contributed by atoms with Gasteiger partial charge in [-0.05, 0) is 49.4 Å². The minimum Gasteiger partial charge on any atom is -0.312 e. The molecule has 0 fully saturated rings. The van der Waals surface area contributed by atoms with Crippen molar-refractivity contribution in [2.75, 3.05) is 4.72 Å². The zero-order valence-electron chi connectivity index (χ0n) is 17.7. The van der Waals surface area contributed by atoms with Gasteiger partial charge in [0.1, 0.15) is 0 Å². The first-order valence-corrected chi connectivity index (χ1v) is 13.0. The maximum Gasteiger partial charge on any atom is 0.281 e. The van der Waals surface area contributed by atoms with E-state index >= 15 is 0 Å². The van der Waals surface area contributed by atoms with E-state index in [-0.39, 0.29) is 16.1 Å². The summed E-state index contributed by atoms with van der Waals surface area (Å²) in [5, 5.41) is 0. The number of rotatable bonds is 6. The molecule has 0 saturated heterocycles. The number of hydrogen-bond acceptors (Lipinski definition) is 4. The maximum absolute atomic E-state index is 13.2. The summed E-state index contributed by atoms with van der Waals surface area (Å²) < 4.78 is 32.0. The molecule has 3 aromatic carbocycles. The van der Waals surface area contributed by atoms with Crippen molar-refractivity contribution in [3.8, 4) is 0 Å². The summed E-state index contributed by atoms with van der Waals surface area (Å²) in [7, 11) is -3.87. The largest absolute Gasteiger partial charge is 0.312 e. The van der Waals surface area contributed by atoms with E-state index in [1.54, 1.807) is 42.5 Å². The molecule has 4 rings (SSSR count). The van der Waals surface area contributed by atoms with Gasteiger partial charge in [-0.15, -0.1) is 6.58 Å². The lowest BCUT2D eigenvalue weighted by Gasteiger charge is -2.11. The number of para-hydroxylation sites is 1. The van der Waals surface area contributed by atoms with E-state index < -0.39 is 15.9 Å². The standard InChI is InChI=1S/C24H20BrN3O3S2/c1-3-14-28-21-13-10-17(25)15-22(21)32-24(28)26-23(29)19-6-4-5-7-20(19)27-33(30,31)18-11-8-16(2)9-12-18/h3-13,15,27H,1,14H2,2H3. The molecule has 0 spiro atoms. The molecule has 1 N–H and O–H groups in total. The van der Waals surface area contributed by atoms with Crippen molar-refractivity contribution < 1.29 is 13.2 Å². The molecule has 1 aromatic heterocycles. The van der Waals surface area contributed by atoms with E-state index in [4.69, 9.17) is 0 Å². The van der Waals surface area contributed by atoms with Crippen molar-refractivity contribution in [2.24, 2.45) is 4.99 Å². The molecule has 9 heteroatoms. The topological polar surface area (TPSA) is 80.5 Å². The van der Waals surface area contributed by atoms with Crippen LogP contribution in [0, 0.1) is 6.92 Å². The van der Waals surface area contributed by atoms with Gasteiger partial charge in [0.2, 0.25) is 0 Å². The Morgan fingerprint density at radius 3 is 2.61 bits per heavy atom. The molecule has 0 atom stereocenters. The Bertz CT molecular complexity index is 1540. The average molecular weight is 542 g/mol. The van der Waals surface area contributed by atoms with Gasteiger partial charge in [-0.2, -0.15) is 4.99 Å². The van der Waals surface area contributed by atoms with Crippen molar-refractivity contribution in [3.63, 3.8) is 0 Å². The lowest BCUT2D eigenvalue weighted by Crippen LogP contribution is -2.18. The second-order valence-corrected chi connectivity index (χ2v) is 10.9. The summed E-state index contributed by atoms with van der Waals surface area (Å²) in [4.78, 5) is 18.1. The molecule has 1 amide bonds. The number of thiazole rings is 1. The number of fused-ring (bicyclic) bond motifs is 1. The zero-order valence-corrected chi connectivity index (χ0v) is 20.9. The number of aryl methyl sites for hydroxylation is 1. The highest BCUT2D eigenvalue weighted by atomic mass is 79.9. The zero-order chi connectivity index (χ0) is 23.6. The SMILES string of the molecule is C=CCn1c(=NC(=O)c2ccccc2NS(=O)(=O)c2ccc(C)cc2)sc2cc(Br)ccc21. The molecule has 0 radical (unpaired) electrons. The van der Waals surface area contributed by atoms with Gasteiger partial charge < -0.3 is 4.57 Å². The second-order valence-electron chi connectivity index (χ2n) is 7.28. The third-order valence-corrected chi connectivity index (χ3v) is 7.80. The Morgan fingerprint density at radius 1 is 1.15 bits per heavy atom. The van der Waals surface area contributed by atoms with Gasteiger partial charge in [-0.3, -0.25) is 9.52 Å². The lowest BCUT2D eigenvalue weighted by atomic mass is 10.2. The highest BCUT2D eigenvalue weighted by Gasteiger charge is 2.19. The molecular weight excluding hydrogens is 522 g/mol. The monoisotopic (exact) mass is 541 g/mol. The number of allylic oxidation sites excluding steroid dienone is 1. The van der Waals surface area contributed by atoms with E-state index in [0.717, 1.165) is 20.3 Å². The number of nitrogens with zero attached hydrogens (tertiary/aromatic N) is 2. The van der Waals surface area contributed by atoms with Gasteiger partial charge in [0.25, 0.3) is 15.9 Å². The highest BCUT2D eigenvalue weighted by Crippen LogP contribution is 2.24. The van der Waals surface area contributed by atoms with Crippen LogP contribution in [0.2, 0.25) is 0 Å². The van der Waals surface area contributed by atoms with Crippen LogP contribution in [0.5, 0.6) is 0 Å². The fraction of sp³-hybridized carbons (Fsp3) is 0.0833. The summed E-state index contributed by atoms with van der Waals surface area (Å²) >= 11 is 4.85. The van der Waals surface area contributed by atoms with Crippen LogP contribution in [-0.2, 0) is 16.6 Å². The number of carbonyl (C=O) groups excluding carboxylic acids is 1. The van der Waals surface area contributed by atoms with Crippen molar-refractivity contribution in [3.05, 3.63) is 99.8 Å². The van der Waals surface area contributed by atoms with Crippen LogP contribution in [0.4, 0.5) is 5.69 Å². The number of carbonyl (C=O) groups is 1. The first kappa shape index (κ1) is 23.2. The van der Waals surface area contributed by atoms with Gasteiger partial charge in [0, 0.05) is 11.0 Å². The molecule has 1 heterocycles. The Morgan fingerprint density at radius 2 is 1.88 bits per heavy atom. The van der Waals surface area contributed by atoms with E-state index in [0.29, 0.717) is 11.3 Å². The van der Waals surface area contributed by atoms with Gasteiger partial charge in [0.15, 0.2) is 4.80 Å². The van der Waals surface area contributed by atoms with E-state index in [9.17, 15) is 13.2 Å². The number of sulfonamides is 1. The molecule has 0 bridgehead atoms. The molecule has 6 nitrogen and oxygen atoms in total. The van der Waals surface area contributed by atoms with Crippen LogP contribution >= 0.6 is 27.3 Å². The van der Waals surface area contributed by atoms with E-state index in [1.165, 1.54) is 23.5 Å². The van der Waals surface area contributed by atoms with Crippen LogP contribution < -0.4 is 9.52 Å². The van der Waals surface area contributed by atoms with Crippen molar-refractivity contribution in [2.45, 2.75) is 18.4 Å². The van der Waals surface area contributed by atoms with Gasteiger partial charge in [0.05, 0.1) is 26.4 Å². The summed E-state index contributed by atoms with van der Waals surface area (Å²) in [6, 6.07) is 18.8. The number of nitrogens with one attached hydrogen (secondary N) is 1. The third-order valence-electron chi connectivity index (χ3n) is 4.89. The van der Waals surface area contributed by atoms with Gasteiger partial charge in [-0.1, -0.05) is 63.2 Å². The van der Waals surface area contributed by atoms with Crippen LogP contribution in [0.15, 0.2) is 93.7 Å². The van der Waals surface area contributed by atoms with Crippen LogP contribution in [0.25, 0.3) is 10.2 Å². The number of halogens is 1. The Labute approximate surface area is 204 Å². The van der Waals surface area contributed by atoms with Crippen LogP contribution in [0.1, 0.15) is 15.9 Å². The normalized spacial score (nSPS) is 12.1. The molecule has 0 aliphatic rings. The quantitative estimate of drug-likeness (QED) is 0.327. The third kappa shape index (κ3) is 5.00. The lowest BCUT2D eigenvalue weighted by molar-refractivity contribution is 0.0998. The highest BCUT2D eigenvalue weighted by molar-refractivity contribution is 9.10. The number of benzene rings is 3. The minimum atomic E-state index is -3.87. The van der Waals surface area contributed by atoms with E-state index in [2.05, 4.69) is 32.2 Å². The first-order valence-electron chi connectivity index (χ1n) is 9.96. The molecule has 0 unspecified atom stereocenters. The van der Waals surface area contributed by atoms with Crippen LogP contribution in [-0.4, -0.2) is 18.9 Å². The van der Waals surface area contributed by atoms with Crippen molar-refractivity contribution in [1.82, 2.24) is 4.57 Å². The number of hydrogen-bond donors (Lipinski definition) is 1. The smallest absolute Gasteiger partial charge is 0.281 e. The number of aromatic nitrogens is 1. The molecule has 0 aliphatic heterocycles. The predicted molar refractivity (Wildman–Crippen MR) is 136 cm³/mol. The number of anilines is 1. The fourth-order valence-electron chi connectivity index (χ4n) is 3.26. The van der Waals surface area contributed by atoms with Gasteiger partial charge >= 0.3 is 0 Å². The summed E-state index contributed by atoms with van der Waals surface area (Å²) in [5.74, 6) is -0.541. The maximum atomic E-state index is 13.2. The van der Waals surface area contributed by atoms with Crippen LogP contribution in [0.3, 0.4) is 0 Å². The van der Waals surface area contributed by atoms with Crippen molar-refractivity contribution in [1.29, 1.82) is 0 Å². The summed E-state index contributed by atoms with van der Waals surface area (Å²) in [6.07, 6.45) is 1.74. The minimum absolute atomic E-state index is 0.117. The first-order chi connectivity index (χ1) is 15.8. The fourth-order valence-corrected chi connectivity index (χ4v) is 5.93. The summed E-state index contributed by atoms with van der Waals surface area (Å²) in [6.45, 7) is 6.16. The summed E-state index contributed by atoms with van der Waals surface area (Å²) in [5.41, 5.74) is 2.22.